The largest absolute Gasteiger partial charge is 0.710 e. The third-order valence-electron chi connectivity index (χ3n) is 5.39. The highest BCUT2D eigenvalue weighted by Gasteiger charge is 2.24. The van der Waals surface area contributed by atoms with E-state index in [1.807, 2.05) is 25.4 Å². The molecule has 0 aliphatic heterocycles. The van der Waals surface area contributed by atoms with Gasteiger partial charge in [0.05, 0.1) is 17.7 Å². The molecule has 3 N–H and O–H groups in total. The van der Waals surface area contributed by atoms with Crippen molar-refractivity contribution in [3.63, 3.8) is 0 Å². The summed E-state index contributed by atoms with van der Waals surface area (Å²) in [4.78, 5) is 7.64. The molecule has 0 saturated heterocycles. The van der Waals surface area contributed by atoms with Gasteiger partial charge < -0.3 is 20.4 Å². The van der Waals surface area contributed by atoms with Crippen LogP contribution in [0.5, 0.6) is 5.88 Å². The van der Waals surface area contributed by atoms with Crippen molar-refractivity contribution in [3.05, 3.63) is 47.1 Å². The fourth-order valence-electron chi connectivity index (χ4n) is 3.89. The van der Waals surface area contributed by atoms with Crippen LogP contribution in [-0.4, -0.2) is 34.3 Å². The van der Waals surface area contributed by atoms with Crippen LogP contribution in [0.25, 0.3) is 22.2 Å². The zero-order valence-corrected chi connectivity index (χ0v) is 16.2. The first-order valence-electron chi connectivity index (χ1n) is 9.75. The lowest BCUT2D eigenvalue weighted by molar-refractivity contribution is -0.586. The Balaban J connectivity index is 1.79. The number of hydrogen-bond donors (Lipinski definition) is 3. The van der Waals surface area contributed by atoms with Gasteiger partial charge in [-0.2, -0.15) is 0 Å². The van der Waals surface area contributed by atoms with Gasteiger partial charge in [0.15, 0.2) is 0 Å². The maximum atomic E-state index is 12.4. The van der Waals surface area contributed by atoms with E-state index < -0.39 is 0 Å². The van der Waals surface area contributed by atoms with E-state index in [4.69, 9.17) is 4.74 Å². The number of aryl methyl sites for hydroxylation is 1. The monoisotopic (exact) mass is 382 g/mol. The first-order valence-corrected chi connectivity index (χ1v) is 9.75. The Morgan fingerprint density at radius 1 is 1.29 bits per heavy atom. The van der Waals surface area contributed by atoms with Gasteiger partial charge in [-0.1, -0.05) is 0 Å². The van der Waals surface area contributed by atoms with E-state index in [1.54, 1.807) is 13.1 Å². The van der Waals surface area contributed by atoms with E-state index in [0.29, 0.717) is 23.8 Å². The van der Waals surface area contributed by atoms with Crippen LogP contribution in [0.4, 0.5) is 0 Å². The second-order valence-electron chi connectivity index (χ2n) is 7.51. The predicted octanol–water partition coefficient (Wildman–Crippen LogP) is 2.57. The summed E-state index contributed by atoms with van der Waals surface area (Å²) < 4.78 is 7.19. The van der Waals surface area contributed by atoms with Crippen molar-refractivity contribution in [1.82, 2.24) is 15.3 Å². The molecule has 28 heavy (non-hydrogen) atoms. The Labute approximate surface area is 164 Å². The summed E-state index contributed by atoms with van der Waals surface area (Å²) in [6.45, 7) is 2.49. The molecule has 0 amide bonds. The van der Waals surface area contributed by atoms with Gasteiger partial charge in [0.1, 0.15) is 11.8 Å². The third kappa shape index (κ3) is 3.55. The molecular weight excluding hydrogens is 356 g/mol. The van der Waals surface area contributed by atoms with Crippen molar-refractivity contribution in [2.75, 3.05) is 7.05 Å². The molecular formula is C21H26N4O3. The standard InChI is InChI=1S/C21H26N4O3/c1-13-9-18(17-7-8-23-20(17)25(13)27)19-10-14(11-22-2)12-24-21(19)28-16-5-3-15(26)4-6-16/h7-10,12,15-16,22-23,26H,3-6,11H2,1-2H3. The average molecular weight is 382 g/mol. The number of H-pyrrole nitrogens is 1. The van der Waals surface area contributed by atoms with Gasteiger partial charge in [-0.25, -0.2) is 14.7 Å². The molecule has 0 unspecified atom stereocenters. The molecule has 1 saturated carbocycles. The second kappa shape index (κ2) is 7.77. The molecule has 3 heterocycles. The number of nitrogens with one attached hydrogen (secondary N) is 2. The number of pyridine rings is 2. The van der Waals surface area contributed by atoms with Crippen LogP contribution in [0.15, 0.2) is 30.6 Å². The first-order chi connectivity index (χ1) is 13.6. The topological polar surface area (TPSA) is 97.1 Å². The number of fused-ring (bicyclic) bond motifs is 1. The molecule has 7 heteroatoms. The Bertz CT molecular complexity index is 977. The van der Waals surface area contributed by atoms with E-state index >= 15 is 0 Å². The van der Waals surface area contributed by atoms with E-state index in [2.05, 4.69) is 21.4 Å². The Kier molecular flexibility index (Phi) is 5.19. The predicted molar refractivity (Wildman–Crippen MR) is 107 cm³/mol. The number of ether oxygens (including phenoxy) is 1. The first kappa shape index (κ1) is 18.7. The minimum atomic E-state index is -0.228. The molecule has 4 rings (SSSR count). The SMILES string of the molecule is CNCc1cnc(OC2CCC(O)CC2)c(-c2cc(C)[n+]([O-])c3[nH]ccc23)c1. The number of nitrogens with zero attached hydrogens (tertiary/aromatic N) is 2. The maximum Gasteiger partial charge on any atom is 0.290 e. The Morgan fingerprint density at radius 3 is 2.82 bits per heavy atom. The van der Waals surface area contributed by atoms with Crippen LogP contribution in [-0.2, 0) is 6.54 Å². The van der Waals surface area contributed by atoms with Crippen LogP contribution in [0.2, 0.25) is 0 Å². The minimum Gasteiger partial charge on any atom is -0.710 e. The number of rotatable bonds is 5. The van der Waals surface area contributed by atoms with E-state index in [1.165, 1.54) is 0 Å². The zero-order chi connectivity index (χ0) is 19.7. The number of hydrogen-bond acceptors (Lipinski definition) is 5. The molecule has 0 atom stereocenters. The molecule has 3 aromatic heterocycles. The third-order valence-corrected chi connectivity index (χ3v) is 5.39. The second-order valence-corrected chi connectivity index (χ2v) is 7.51. The lowest BCUT2D eigenvalue weighted by Crippen LogP contribution is -2.31. The number of aromatic amines is 1. The molecule has 0 bridgehead atoms. The van der Waals surface area contributed by atoms with Gasteiger partial charge in [-0.05, 0) is 63.4 Å². The highest BCUT2D eigenvalue weighted by molar-refractivity contribution is 5.93. The van der Waals surface area contributed by atoms with Gasteiger partial charge in [0.25, 0.3) is 5.65 Å². The van der Waals surface area contributed by atoms with Crippen molar-refractivity contribution >= 4 is 11.0 Å². The van der Waals surface area contributed by atoms with Gasteiger partial charge in [0, 0.05) is 23.9 Å². The minimum absolute atomic E-state index is 0.0424. The molecule has 0 spiro atoms. The van der Waals surface area contributed by atoms with Crippen molar-refractivity contribution in [3.8, 4) is 17.0 Å². The average Bonchev–Trinajstić information content (AvgIpc) is 3.18. The highest BCUT2D eigenvalue weighted by Crippen LogP contribution is 2.35. The van der Waals surface area contributed by atoms with Crippen molar-refractivity contribution < 1.29 is 14.6 Å². The normalized spacial score (nSPS) is 19.8. The quantitative estimate of drug-likeness (QED) is 0.465. The number of aliphatic hydroxyl groups excluding tert-OH is 1. The van der Waals surface area contributed by atoms with Crippen molar-refractivity contribution in [2.45, 2.75) is 51.4 Å². The summed E-state index contributed by atoms with van der Waals surface area (Å²) in [5.74, 6) is 0.576. The summed E-state index contributed by atoms with van der Waals surface area (Å²) >= 11 is 0. The van der Waals surface area contributed by atoms with Crippen LogP contribution in [0.3, 0.4) is 0 Å². The van der Waals surface area contributed by atoms with E-state index in [-0.39, 0.29) is 12.2 Å². The lowest BCUT2D eigenvalue weighted by Gasteiger charge is -2.26. The fourth-order valence-corrected chi connectivity index (χ4v) is 3.89. The van der Waals surface area contributed by atoms with Gasteiger partial charge in [0.2, 0.25) is 5.88 Å². The fraction of sp³-hybridized carbons (Fsp3) is 0.429. The van der Waals surface area contributed by atoms with Crippen LogP contribution in [0, 0.1) is 12.1 Å². The van der Waals surface area contributed by atoms with E-state index in [9.17, 15) is 10.3 Å². The molecule has 7 nitrogen and oxygen atoms in total. The molecule has 148 valence electrons. The van der Waals surface area contributed by atoms with Gasteiger partial charge in [-0.15, -0.1) is 0 Å². The summed E-state index contributed by atoms with van der Waals surface area (Å²) in [5.41, 5.74) is 3.99. The van der Waals surface area contributed by atoms with Crippen LogP contribution < -0.4 is 14.8 Å². The van der Waals surface area contributed by atoms with Crippen molar-refractivity contribution in [1.29, 1.82) is 0 Å². The lowest BCUT2D eigenvalue weighted by atomic mass is 9.95. The van der Waals surface area contributed by atoms with Gasteiger partial charge >= 0.3 is 0 Å². The number of aromatic nitrogens is 3. The molecule has 1 fully saturated rings. The summed E-state index contributed by atoms with van der Waals surface area (Å²) in [7, 11) is 1.90. The Hall–Kier alpha value is -2.64. The van der Waals surface area contributed by atoms with Crippen LogP contribution in [0.1, 0.15) is 36.9 Å². The molecule has 0 radical (unpaired) electrons. The summed E-state index contributed by atoms with van der Waals surface area (Å²) in [6.07, 6.45) is 6.54. The van der Waals surface area contributed by atoms with Crippen molar-refractivity contribution in [2.24, 2.45) is 0 Å². The highest BCUT2D eigenvalue weighted by atomic mass is 16.5. The Morgan fingerprint density at radius 2 is 2.07 bits per heavy atom. The van der Waals surface area contributed by atoms with E-state index in [0.717, 1.165) is 52.5 Å². The molecule has 1 aliphatic carbocycles. The molecule has 3 aromatic rings. The van der Waals surface area contributed by atoms with Crippen LogP contribution >= 0.6 is 0 Å². The summed E-state index contributed by atoms with van der Waals surface area (Å²) in [6, 6.07) is 5.87. The zero-order valence-electron chi connectivity index (χ0n) is 16.2. The molecule has 0 aromatic carbocycles. The smallest absolute Gasteiger partial charge is 0.290 e. The van der Waals surface area contributed by atoms with Gasteiger partial charge in [-0.3, -0.25) is 0 Å². The summed E-state index contributed by atoms with van der Waals surface area (Å²) in [5, 5.41) is 26.1. The molecule has 1 aliphatic rings. The number of aliphatic hydroxyl groups is 1. The maximum absolute atomic E-state index is 12.4.